The minimum absolute atomic E-state index is 0.120. The summed E-state index contributed by atoms with van der Waals surface area (Å²) < 4.78 is 38.9. The number of piperidine rings is 1. The van der Waals surface area contributed by atoms with E-state index < -0.39 is 18.6 Å². The molecule has 1 aromatic carbocycles. The number of nitrogens with one attached hydrogen (secondary N) is 3. The summed E-state index contributed by atoms with van der Waals surface area (Å²) in [5.74, 6) is -0.522. The van der Waals surface area contributed by atoms with Gasteiger partial charge in [-0.05, 0) is 38.1 Å². The molecule has 0 radical (unpaired) electrons. The first kappa shape index (κ1) is 18.2. The van der Waals surface area contributed by atoms with Crippen molar-refractivity contribution in [2.24, 2.45) is 0 Å². The van der Waals surface area contributed by atoms with Gasteiger partial charge in [0.15, 0.2) is 5.69 Å². The monoisotopic (exact) mass is 368 g/mol. The Hall–Kier alpha value is -2.62. The van der Waals surface area contributed by atoms with Crippen LogP contribution in [0.25, 0.3) is 0 Å². The third kappa shape index (κ3) is 4.72. The van der Waals surface area contributed by atoms with E-state index in [-0.39, 0.29) is 23.1 Å². The van der Waals surface area contributed by atoms with Crippen molar-refractivity contribution in [2.75, 3.05) is 30.3 Å². The van der Waals surface area contributed by atoms with Crippen molar-refractivity contribution in [3.63, 3.8) is 0 Å². The largest absolute Gasteiger partial charge is 0.405 e. The summed E-state index contributed by atoms with van der Waals surface area (Å²) in [7, 11) is 0. The number of para-hydroxylation sites is 2. The van der Waals surface area contributed by atoms with Gasteiger partial charge in [-0.2, -0.15) is 13.2 Å². The Morgan fingerprint density at radius 1 is 1.23 bits per heavy atom. The third-order valence-corrected chi connectivity index (χ3v) is 4.08. The number of rotatable bonds is 5. The highest BCUT2D eigenvalue weighted by Crippen LogP contribution is 2.24. The highest BCUT2D eigenvalue weighted by molar-refractivity contribution is 6.04. The van der Waals surface area contributed by atoms with Gasteiger partial charge in [-0.3, -0.25) is 4.79 Å². The molecule has 0 unspecified atom stereocenters. The summed E-state index contributed by atoms with van der Waals surface area (Å²) in [6.45, 7) is 0.570. The maximum Gasteiger partial charge on any atom is 0.405 e. The number of hydrogen-bond donors (Lipinski definition) is 3. The maximum absolute atomic E-state index is 12.4. The lowest BCUT2D eigenvalue weighted by Gasteiger charge is -2.22. The highest BCUT2D eigenvalue weighted by Gasteiger charge is 2.27. The lowest BCUT2D eigenvalue weighted by atomic mass is 10.1. The predicted octanol–water partition coefficient (Wildman–Crippen LogP) is 2.43. The Morgan fingerprint density at radius 3 is 2.62 bits per heavy atom. The molecule has 140 valence electrons. The molecule has 2 aromatic rings. The second-order valence-electron chi connectivity index (χ2n) is 6.03. The second kappa shape index (κ2) is 7.73. The molecule has 1 fully saturated rings. The van der Waals surface area contributed by atoms with E-state index in [1.165, 1.54) is 12.1 Å². The summed E-state index contributed by atoms with van der Waals surface area (Å²) in [5, 5.41) is 16.0. The van der Waals surface area contributed by atoms with Gasteiger partial charge in [0.1, 0.15) is 6.54 Å². The molecular formula is C16H19F3N6O. The van der Waals surface area contributed by atoms with E-state index in [9.17, 15) is 18.0 Å². The van der Waals surface area contributed by atoms with Gasteiger partial charge in [0.25, 0.3) is 5.91 Å². The molecular weight excluding hydrogens is 349 g/mol. The predicted molar refractivity (Wildman–Crippen MR) is 90.1 cm³/mol. The van der Waals surface area contributed by atoms with Crippen molar-refractivity contribution in [3.05, 3.63) is 36.2 Å². The van der Waals surface area contributed by atoms with Gasteiger partial charge in [-0.25, -0.2) is 4.68 Å². The molecule has 2 heterocycles. The molecule has 1 aromatic heterocycles. The number of amides is 1. The number of aromatic nitrogens is 3. The van der Waals surface area contributed by atoms with Crippen LogP contribution in [0.3, 0.4) is 0 Å². The van der Waals surface area contributed by atoms with Crippen molar-refractivity contribution in [1.29, 1.82) is 0 Å². The van der Waals surface area contributed by atoms with E-state index in [1.54, 1.807) is 23.0 Å². The molecule has 1 amide bonds. The molecule has 1 aliphatic heterocycles. The lowest BCUT2D eigenvalue weighted by Crippen LogP contribution is -2.29. The Bertz CT molecular complexity index is 754. The molecule has 1 aliphatic rings. The standard InChI is InChI=1S/C16H19F3N6O/c17-16(18,19)10-21-12-3-1-2-4-13(12)22-15(26)14-9-25(24-23-14)11-5-7-20-8-6-11/h1-4,9,11,20-21H,5-8,10H2,(H,22,26). The van der Waals surface area contributed by atoms with E-state index in [0.29, 0.717) is 0 Å². The number of nitrogens with zero attached hydrogens (tertiary/aromatic N) is 3. The lowest BCUT2D eigenvalue weighted by molar-refractivity contribution is -0.115. The zero-order valence-electron chi connectivity index (χ0n) is 13.9. The molecule has 0 saturated carbocycles. The quantitative estimate of drug-likeness (QED) is 0.755. The van der Waals surface area contributed by atoms with Gasteiger partial charge in [-0.15, -0.1) is 5.10 Å². The smallest absolute Gasteiger partial charge is 0.375 e. The van der Waals surface area contributed by atoms with Gasteiger partial charge in [0.05, 0.1) is 23.6 Å². The van der Waals surface area contributed by atoms with Crippen LogP contribution in [0.1, 0.15) is 29.4 Å². The van der Waals surface area contributed by atoms with E-state index in [2.05, 4.69) is 26.3 Å². The van der Waals surface area contributed by atoms with Crippen LogP contribution in [0.5, 0.6) is 0 Å². The SMILES string of the molecule is O=C(Nc1ccccc1NCC(F)(F)F)c1cn(C2CCNCC2)nn1. The number of alkyl halides is 3. The molecule has 1 saturated heterocycles. The fourth-order valence-electron chi connectivity index (χ4n) is 2.76. The van der Waals surface area contributed by atoms with E-state index in [4.69, 9.17) is 0 Å². The minimum atomic E-state index is -4.35. The van der Waals surface area contributed by atoms with Gasteiger partial charge < -0.3 is 16.0 Å². The zero-order valence-corrected chi connectivity index (χ0v) is 13.9. The number of carbonyl (C=O) groups excluding carboxylic acids is 1. The Labute approximate surface area is 148 Å². The van der Waals surface area contributed by atoms with Crippen LogP contribution in [0.4, 0.5) is 24.5 Å². The fourth-order valence-corrected chi connectivity index (χ4v) is 2.76. The first-order chi connectivity index (χ1) is 12.4. The molecule has 3 N–H and O–H groups in total. The van der Waals surface area contributed by atoms with Crippen LogP contribution in [-0.2, 0) is 0 Å². The molecule has 26 heavy (non-hydrogen) atoms. The summed E-state index contributed by atoms with van der Waals surface area (Å²) in [4.78, 5) is 12.4. The summed E-state index contributed by atoms with van der Waals surface area (Å²) in [5.41, 5.74) is 0.552. The number of hydrogen-bond acceptors (Lipinski definition) is 5. The fraction of sp³-hybridized carbons (Fsp3) is 0.438. The van der Waals surface area contributed by atoms with Crippen molar-refractivity contribution in [2.45, 2.75) is 25.1 Å². The Balaban J connectivity index is 1.67. The average Bonchev–Trinajstić information content (AvgIpc) is 3.11. The number of anilines is 2. The highest BCUT2D eigenvalue weighted by atomic mass is 19.4. The molecule has 0 spiro atoms. The number of halogens is 3. The van der Waals surface area contributed by atoms with Crippen molar-refractivity contribution in [1.82, 2.24) is 20.3 Å². The Morgan fingerprint density at radius 2 is 1.92 bits per heavy atom. The molecule has 0 atom stereocenters. The van der Waals surface area contributed by atoms with Gasteiger partial charge >= 0.3 is 6.18 Å². The topological polar surface area (TPSA) is 83.9 Å². The van der Waals surface area contributed by atoms with Crippen molar-refractivity contribution in [3.8, 4) is 0 Å². The molecule has 0 bridgehead atoms. The van der Waals surface area contributed by atoms with Crippen molar-refractivity contribution < 1.29 is 18.0 Å². The number of carbonyl (C=O) groups is 1. The summed E-state index contributed by atoms with van der Waals surface area (Å²) >= 11 is 0. The van der Waals surface area contributed by atoms with Gasteiger partial charge in [-0.1, -0.05) is 17.3 Å². The molecule has 7 nitrogen and oxygen atoms in total. The van der Waals surface area contributed by atoms with Gasteiger partial charge in [0, 0.05) is 0 Å². The summed E-state index contributed by atoms with van der Waals surface area (Å²) in [6.07, 6.45) is -0.991. The summed E-state index contributed by atoms with van der Waals surface area (Å²) in [6, 6.07) is 6.38. The van der Waals surface area contributed by atoms with Crippen LogP contribution in [-0.4, -0.2) is 46.7 Å². The number of benzene rings is 1. The van der Waals surface area contributed by atoms with E-state index in [0.717, 1.165) is 25.9 Å². The van der Waals surface area contributed by atoms with E-state index >= 15 is 0 Å². The van der Waals surface area contributed by atoms with Crippen LogP contribution in [0, 0.1) is 0 Å². The van der Waals surface area contributed by atoms with Crippen LogP contribution in [0.2, 0.25) is 0 Å². The minimum Gasteiger partial charge on any atom is -0.375 e. The zero-order chi connectivity index (χ0) is 18.6. The Kier molecular flexibility index (Phi) is 5.40. The van der Waals surface area contributed by atoms with Crippen LogP contribution in [0.15, 0.2) is 30.5 Å². The normalized spacial score (nSPS) is 15.7. The molecule has 3 rings (SSSR count). The van der Waals surface area contributed by atoms with Crippen LogP contribution < -0.4 is 16.0 Å². The molecule has 10 heteroatoms. The maximum atomic E-state index is 12.4. The average molecular weight is 368 g/mol. The van der Waals surface area contributed by atoms with Crippen molar-refractivity contribution >= 4 is 17.3 Å². The molecule has 0 aliphatic carbocycles. The van der Waals surface area contributed by atoms with E-state index in [1.807, 2.05) is 0 Å². The van der Waals surface area contributed by atoms with Gasteiger partial charge in [0.2, 0.25) is 0 Å². The second-order valence-corrected chi connectivity index (χ2v) is 6.03. The first-order valence-electron chi connectivity index (χ1n) is 8.26. The first-order valence-corrected chi connectivity index (χ1v) is 8.26. The van der Waals surface area contributed by atoms with Crippen LogP contribution >= 0.6 is 0 Å². The third-order valence-electron chi connectivity index (χ3n) is 4.08.